The fourth-order valence-electron chi connectivity index (χ4n) is 2.18. The van der Waals surface area contributed by atoms with Crippen molar-refractivity contribution in [3.63, 3.8) is 0 Å². The lowest BCUT2D eigenvalue weighted by atomic mass is 10.1. The van der Waals surface area contributed by atoms with Crippen LogP contribution in [0.3, 0.4) is 0 Å². The van der Waals surface area contributed by atoms with Crippen molar-refractivity contribution in [2.45, 2.75) is 33.8 Å². The van der Waals surface area contributed by atoms with Gasteiger partial charge in [0.2, 0.25) is 0 Å². The van der Waals surface area contributed by atoms with Crippen molar-refractivity contribution in [1.82, 2.24) is 0 Å². The van der Waals surface area contributed by atoms with Crippen LogP contribution in [0.4, 0.5) is 0 Å². The van der Waals surface area contributed by atoms with Crippen LogP contribution in [-0.4, -0.2) is 24.4 Å². The lowest BCUT2D eigenvalue weighted by Gasteiger charge is -2.16. The maximum absolute atomic E-state index is 10.0. The average molecular weight is 300 g/mol. The lowest BCUT2D eigenvalue weighted by molar-refractivity contribution is 0.0621. The molecule has 0 atom stereocenters. The molecule has 0 amide bonds. The highest BCUT2D eigenvalue weighted by Crippen LogP contribution is 2.22. The summed E-state index contributed by atoms with van der Waals surface area (Å²) in [6.45, 7) is 8.56. The van der Waals surface area contributed by atoms with Gasteiger partial charge in [0.1, 0.15) is 30.8 Å². The second-order valence-corrected chi connectivity index (χ2v) is 5.67. The summed E-state index contributed by atoms with van der Waals surface area (Å²) in [6, 6.07) is 11.8. The van der Waals surface area contributed by atoms with Crippen molar-refractivity contribution in [1.29, 1.82) is 0 Å². The number of aryl methyl sites for hydroxylation is 2. The van der Waals surface area contributed by atoms with E-state index in [0.717, 1.165) is 22.6 Å². The van der Waals surface area contributed by atoms with Crippen LogP contribution in [-0.2, 0) is 0 Å². The van der Waals surface area contributed by atoms with Crippen LogP contribution < -0.4 is 9.47 Å². The van der Waals surface area contributed by atoms with Gasteiger partial charge < -0.3 is 14.6 Å². The predicted molar refractivity (Wildman–Crippen MR) is 88.8 cm³/mol. The molecular formula is C19H24O3. The fourth-order valence-corrected chi connectivity index (χ4v) is 2.18. The standard InChI is InChI=1S/C19H24O3/c1-13-7-5-9-18(15(13)3)21-11-17(20)12-22-19-10-6-8-14(2)16(19)4/h5-10,17,20H,11-12H2,1-4H3. The zero-order valence-corrected chi connectivity index (χ0v) is 13.7. The molecule has 0 fully saturated rings. The molecule has 3 nitrogen and oxygen atoms in total. The van der Waals surface area contributed by atoms with E-state index in [0.29, 0.717) is 0 Å². The number of ether oxygens (including phenoxy) is 2. The van der Waals surface area contributed by atoms with Crippen LogP contribution in [0.2, 0.25) is 0 Å². The quantitative estimate of drug-likeness (QED) is 0.883. The van der Waals surface area contributed by atoms with Crippen molar-refractivity contribution >= 4 is 0 Å². The Labute approximate surface area is 132 Å². The van der Waals surface area contributed by atoms with Gasteiger partial charge in [-0.15, -0.1) is 0 Å². The van der Waals surface area contributed by atoms with Crippen LogP contribution in [0, 0.1) is 27.7 Å². The van der Waals surface area contributed by atoms with Gasteiger partial charge in [0.15, 0.2) is 0 Å². The number of aliphatic hydroxyl groups excluding tert-OH is 1. The van der Waals surface area contributed by atoms with Gasteiger partial charge in [-0.05, 0) is 62.1 Å². The summed E-state index contributed by atoms with van der Waals surface area (Å²) in [5, 5.41) is 10.0. The topological polar surface area (TPSA) is 38.7 Å². The largest absolute Gasteiger partial charge is 0.490 e. The number of hydrogen-bond donors (Lipinski definition) is 1. The third-order valence-corrected chi connectivity index (χ3v) is 3.97. The maximum atomic E-state index is 10.0. The van der Waals surface area contributed by atoms with Gasteiger partial charge in [0, 0.05) is 0 Å². The highest BCUT2D eigenvalue weighted by molar-refractivity contribution is 5.39. The Morgan fingerprint density at radius 2 is 1.18 bits per heavy atom. The second kappa shape index (κ2) is 7.32. The highest BCUT2D eigenvalue weighted by Gasteiger charge is 2.10. The van der Waals surface area contributed by atoms with Gasteiger partial charge in [0.25, 0.3) is 0 Å². The minimum absolute atomic E-state index is 0.217. The summed E-state index contributed by atoms with van der Waals surface area (Å²) in [7, 11) is 0. The molecule has 1 N–H and O–H groups in total. The van der Waals surface area contributed by atoms with Crippen LogP contribution in [0.1, 0.15) is 22.3 Å². The van der Waals surface area contributed by atoms with Gasteiger partial charge in [-0.2, -0.15) is 0 Å². The zero-order valence-electron chi connectivity index (χ0n) is 13.7. The van der Waals surface area contributed by atoms with Gasteiger partial charge in [-0.3, -0.25) is 0 Å². The molecule has 2 aromatic carbocycles. The molecule has 22 heavy (non-hydrogen) atoms. The average Bonchev–Trinajstić information content (AvgIpc) is 2.50. The van der Waals surface area contributed by atoms with Crippen LogP contribution in [0.25, 0.3) is 0 Å². The number of hydrogen-bond acceptors (Lipinski definition) is 3. The summed E-state index contributed by atoms with van der Waals surface area (Å²) in [5.74, 6) is 1.62. The first kappa shape index (κ1) is 16.4. The first-order chi connectivity index (χ1) is 10.5. The van der Waals surface area contributed by atoms with Crippen LogP contribution >= 0.6 is 0 Å². The van der Waals surface area contributed by atoms with Crippen molar-refractivity contribution < 1.29 is 14.6 Å². The predicted octanol–water partition coefficient (Wildman–Crippen LogP) is 3.74. The molecule has 0 aliphatic rings. The number of benzene rings is 2. The van der Waals surface area contributed by atoms with Crippen LogP contribution in [0.15, 0.2) is 36.4 Å². The smallest absolute Gasteiger partial charge is 0.122 e. The van der Waals surface area contributed by atoms with Gasteiger partial charge >= 0.3 is 0 Å². The normalized spacial score (nSPS) is 10.8. The first-order valence-electron chi connectivity index (χ1n) is 7.55. The maximum Gasteiger partial charge on any atom is 0.122 e. The summed E-state index contributed by atoms with van der Waals surface area (Å²) in [4.78, 5) is 0. The molecule has 0 aromatic heterocycles. The van der Waals surface area contributed by atoms with E-state index in [1.165, 1.54) is 11.1 Å². The first-order valence-corrected chi connectivity index (χ1v) is 7.55. The summed E-state index contributed by atoms with van der Waals surface area (Å²) < 4.78 is 11.4. The third kappa shape index (κ3) is 4.01. The molecule has 118 valence electrons. The van der Waals surface area contributed by atoms with E-state index >= 15 is 0 Å². The summed E-state index contributed by atoms with van der Waals surface area (Å²) in [5.41, 5.74) is 4.56. The van der Waals surface area contributed by atoms with Gasteiger partial charge in [-0.25, -0.2) is 0 Å². The van der Waals surface area contributed by atoms with E-state index in [1.54, 1.807) is 0 Å². The van der Waals surface area contributed by atoms with Gasteiger partial charge in [-0.1, -0.05) is 24.3 Å². The van der Waals surface area contributed by atoms with E-state index < -0.39 is 6.10 Å². The molecule has 3 heteroatoms. The Morgan fingerprint density at radius 1 is 0.773 bits per heavy atom. The molecular weight excluding hydrogens is 276 g/mol. The molecule has 0 heterocycles. The Hall–Kier alpha value is -2.00. The fraction of sp³-hybridized carbons (Fsp3) is 0.368. The van der Waals surface area contributed by atoms with E-state index in [-0.39, 0.29) is 13.2 Å². The molecule has 0 saturated carbocycles. The van der Waals surface area contributed by atoms with E-state index in [2.05, 4.69) is 0 Å². The highest BCUT2D eigenvalue weighted by atomic mass is 16.5. The molecule has 0 aliphatic heterocycles. The van der Waals surface area contributed by atoms with E-state index in [9.17, 15) is 5.11 Å². The minimum atomic E-state index is -0.667. The zero-order chi connectivity index (χ0) is 16.1. The summed E-state index contributed by atoms with van der Waals surface area (Å²) >= 11 is 0. The molecule has 0 unspecified atom stereocenters. The number of rotatable bonds is 6. The Balaban J connectivity index is 1.87. The van der Waals surface area contributed by atoms with Crippen molar-refractivity contribution in [2.24, 2.45) is 0 Å². The van der Waals surface area contributed by atoms with Crippen molar-refractivity contribution in [3.8, 4) is 11.5 Å². The minimum Gasteiger partial charge on any atom is -0.490 e. The monoisotopic (exact) mass is 300 g/mol. The summed E-state index contributed by atoms with van der Waals surface area (Å²) in [6.07, 6.45) is -0.667. The van der Waals surface area contributed by atoms with Crippen molar-refractivity contribution in [3.05, 3.63) is 58.7 Å². The molecule has 0 saturated heterocycles. The van der Waals surface area contributed by atoms with Crippen molar-refractivity contribution in [2.75, 3.05) is 13.2 Å². The molecule has 0 aliphatic carbocycles. The SMILES string of the molecule is Cc1cccc(OCC(O)COc2cccc(C)c2C)c1C. The Morgan fingerprint density at radius 3 is 1.59 bits per heavy atom. The van der Waals surface area contributed by atoms with E-state index in [4.69, 9.17) is 9.47 Å². The molecule has 2 aromatic rings. The molecule has 2 rings (SSSR count). The third-order valence-electron chi connectivity index (χ3n) is 3.97. The lowest BCUT2D eigenvalue weighted by Crippen LogP contribution is -2.25. The Kier molecular flexibility index (Phi) is 5.45. The van der Waals surface area contributed by atoms with E-state index in [1.807, 2.05) is 64.1 Å². The molecule has 0 bridgehead atoms. The molecule has 0 radical (unpaired) electrons. The molecule has 0 spiro atoms. The Bertz CT molecular complexity index is 579. The van der Waals surface area contributed by atoms with Crippen LogP contribution in [0.5, 0.6) is 11.5 Å². The van der Waals surface area contributed by atoms with Gasteiger partial charge in [0.05, 0.1) is 0 Å². The number of aliphatic hydroxyl groups is 1. The second-order valence-electron chi connectivity index (χ2n) is 5.67.